The van der Waals surface area contributed by atoms with E-state index in [0.717, 1.165) is 34.6 Å². The van der Waals surface area contributed by atoms with E-state index in [1.54, 1.807) is 24.1 Å². The van der Waals surface area contributed by atoms with Gasteiger partial charge in [-0.25, -0.2) is 4.68 Å². The molecule has 0 unspecified atom stereocenters. The molecular weight excluding hydrogens is 559 g/mol. The van der Waals surface area contributed by atoms with Crippen LogP contribution in [0.4, 0.5) is 5.69 Å². The molecule has 2 heterocycles. The summed E-state index contributed by atoms with van der Waals surface area (Å²) in [5, 5.41) is 6.08. The van der Waals surface area contributed by atoms with Crippen LogP contribution in [0.3, 0.4) is 0 Å². The zero-order valence-corrected chi connectivity index (χ0v) is 25.6. The average molecular weight is 594 g/mol. The smallest absolute Gasteiger partial charge is 0.280 e. The molecule has 0 saturated heterocycles. The topological polar surface area (TPSA) is 59.8 Å². The van der Waals surface area contributed by atoms with Gasteiger partial charge in [-0.15, -0.1) is 0 Å². The number of para-hydroxylation sites is 2. The molecule has 7 nitrogen and oxygen atoms in total. The van der Waals surface area contributed by atoms with Crippen molar-refractivity contribution < 1.29 is 14.3 Å². The van der Waals surface area contributed by atoms with Crippen molar-refractivity contribution in [3.63, 3.8) is 0 Å². The van der Waals surface area contributed by atoms with Crippen LogP contribution in [0.1, 0.15) is 58.7 Å². The van der Waals surface area contributed by atoms with E-state index in [9.17, 15) is 4.79 Å². The second-order valence-electron chi connectivity index (χ2n) is 10.7. The predicted octanol–water partition coefficient (Wildman–Crippen LogP) is 7.31. The molecule has 1 aromatic heterocycles. The number of carbonyl (C=O) groups excluding carboxylic acids is 1. The number of methoxy groups -OCH3 is 1. The van der Waals surface area contributed by atoms with Gasteiger partial charge in [0, 0.05) is 22.2 Å². The van der Waals surface area contributed by atoms with Crippen molar-refractivity contribution in [2.75, 3.05) is 39.3 Å². The molecule has 4 aromatic rings. The summed E-state index contributed by atoms with van der Waals surface area (Å²) >= 11 is 12.9. The number of hydrogen-bond donors (Lipinski definition) is 0. The summed E-state index contributed by atoms with van der Waals surface area (Å²) < 4.78 is 13.7. The fourth-order valence-electron chi connectivity index (χ4n) is 5.40. The van der Waals surface area contributed by atoms with Crippen LogP contribution in [0.5, 0.6) is 11.5 Å². The molecule has 0 aliphatic carbocycles. The Labute approximate surface area is 251 Å². The zero-order valence-electron chi connectivity index (χ0n) is 24.1. The third-order valence-electron chi connectivity index (χ3n) is 7.28. The van der Waals surface area contributed by atoms with Crippen LogP contribution in [-0.2, 0) is 0 Å². The van der Waals surface area contributed by atoms with E-state index in [4.69, 9.17) is 37.8 Å². The number of carbonyl (C=O) groups is 1. The van der Waals surface area contributed by atoms with Gasteiger partial charge in [-0.05, 0) is 80.5 Å². The minimum absolute atomic E-state index is 0.0363. The van der Waals surface area contributed by atoms with Crippen LogP contribution >= 0.6 is 23.2 Å². The van der Waals surface area contributed by atoms with Crippen molar-refractivity contribution in [3.05, 3.63) is 98.8 Å². The maximum atomic E-state index is 14.5. The Bertz CT molecular complexity index is 1600. The van der Waals surface area contributed by atoms with Crippen LogP contribution in [0.25, 0.3) is 5.69 Å². The van der Waals surface area contributed by atoms with Gasteiger partial charge < -0.3 is 14.4 Å². The molecule has 0 N–H and O–H groups in total. The molecule has 9 heteroatoms. The highest BCUT2D eigenvalue weighted by atomic mass is 35.5. The summed E-state index contributed by atoms with van der Waals surface area (Å²) in [6, 6.07) is 18.4. The number of aryl methyl sites for hydroxylation is 1. The molecule has 5 rings (SSSR count). The lowest BCUT2D eigenvalue weighted by molar-refractivity contribution is 0.0987. The van der Waals surface area contributed by atoms with Crippen LogP contribution in [-0.4, -0.2) is 54.9 Å². The van der Waals surface area contributed by atoms with E-state index < -0.39 is 6.04 Å². The number of aromatic nitrogens is 2. The van der Waals surface area contributed by atoms with Crippen LogP contribution < -0.4 is 14.4 Å². The fraction of sp³-hybridized carbons (Fsp3) is 0.312. The monoisotopic (exact) mass is 592 g/mol. The normalized spacial score (nSPS) is 14.7. The third-order valence-corrected chi connectivity index (χ3v) is 7.75. The molecule has 0 saturated carbocycles. The molecule has 41 heavy (non-hydrogen) atoms. The van der Waals surface area contributed by atoms with E-state index in [1.165, 1.54) is 0 Å². The summed E-state index contributed by atoms with van der Waals surface area (Å²) in [4.78, 5) is 18.3. The second kappa shape index (κ2) is 11.8. The highest BCUT2D eigenvalue weighted by molar-refractivity contribution is 6.31. The quantitative estimate of drug-likeness (QED) is 0.204. The summed E-state index contributed by atoms with van der Waals surface area (Å²) in [6.45, 7) is 7.40. The van der Waals surface area contributed by atoms with E-state index in [0.29, 0.717) is 39.5 Å². The predicted molar refractivity (Wildman–Crippen MR) is 165 cm³/mol. The lowest BCUT2D eigenvalue weighted by Crippen LogP contribution is -2.31. The first-order chi connectivity index (χ1) is 19.6. The van der Waals surface area contributed by atoms with Crippen molar-refractivity contribution in [3.8, 4) is 17.2 Å². The van der Waals surface area contributed by atoms with E-state index in [-0.39, 0.29) is 11.8 Å². The first-order valence-corrected chi connectivity index (χ1v) is 14.3. The van der Waals surface area contributed by atoms with Crippen molar-refractivity contribution >= 4 is 34.8 Å². The first-order valence-electron chi connectivity index (χ1n) is 13.5. The number of anilines is 1. The number of halogens is 2. The minimum atomic E-state index is -0.481. The Morgan fingerprint density at radius 1 is 0.976 bits per heavy atom. The van der Waals surface area contributed by atoms with Gasteiger partial charge in [0.15, 0.2) is 5.69 Å². The van der Waals surface area contributed by atoms with Gasteiger partial charge >= 0.3 is 0 Å². The Kier molecular flexibility index (Phi) is 8.32. The molecule has 3 aromatic carbocycles. The summed E-state index contributed by atoms with van der Waals surface area (Å²) in [5.74, 6) is 1.06. The average Bonchev–Trinajstić information content (AvgIpc) is 3.44. The number of amides is 1. The fourth-order valence-corrected chi connectivity index (χ4v) is 5.80. The van der Waals surface area contributed by atoms with Crippen LogP contribution in [0.15, 0.2) is 60.7 Å². The van der Waals surface area contributed by atoms with Gasteiger partial charge in [-0.1, -0.05) is 55.2 Å². The van der Waals surface area contributed by atoms with Gasteiger partial charge in [0.1, 0.15) is 23.8 Å². The Balaban J connectivity index is 1.76. The number of benzene rings is 3. The minimum Gasteiger partial charge on any atom is -0.494 e. The van der Waals surface area contributed by atoms with Crippen molar-refractivity contribution in [1.29, 1.82) is 0 Å². The van der Waals surface area contributed by atoms with Crippen molar-refractivity contribution in [2.24, 2.45) is 0 Å². The number of hydrogen-bond acceptors (Lipinski definition) is 5. The Hall–Kier alpha value is -3.52. The SMILES string of the molecule is COc1ccccc1-n1nc2c(c1C(C)C)[C@H](c1ccc(Cl)cc1C)N(c1cc(Cl)ccc1OCCN(C)C)C2=O. The zero-order chi connectivity index (χ0) is 29.4. The molecule has 0 spiro atoms. The van der Waals surface area contributed by atoms with Gasteiger partial charge in [0.05, 0.1) is 24.5 Å². The maximum absolute atomic E-state index is 14.5. The molecule has 1 aliphatic rings. The third kappa shape index (κ3) is 5.42. The summed E-state index contributed by atoms with van der Waals surface area (Å²) in [6.07, 6.45) is 0. The summed E-state index contributed by atoms with van der Waals surface area (Å²) in [5.41, 5.74) is 5.44. The highest BCUT2D eigenvalue weighted by Gasteiger charge is 2.46. The molecule has 0 bridgehead atoms. The molecule has 0 radical (unpaired) electrons. The van der Waals surface area contributed by atoms with Crippen molar-refractivity contribution in [1.82, 2.24) is 14.7 Å². The maximum Gasteiger partial charge on any atom is 0.280 e. The van der Waals surface area contributed by atoms with E-state index in [1.807, 2.05) is 79.1 Å². The largest absolute Gasteiger partial charge is 0.494 e. The number of ether oxygens (including phenoxy) is 2. The molecular formula is C32H34Cl2N4O3. The molecule has 1 atom stereocenters. The van der Waals surface area contributed by atoms with Gasteiger partial charge in [0.25, 0.3) is 5.91 Å². The number of nitrogens with zero attached hydrogens (tertiary/aromatic N) is 4. The Morgan fingerprint density at radius 2 is 1.68 bits per heavy atom. The van der Waals surface area contributed by atoms with Crippen LogP contribution in [0, 0.1) is 6.92 Å². The highest BCUT2D eigenvalue weighted by Crippen LogP contribution is 2.49. The number of fused-ring (bicyclic) bond motifs is 1. The lowest BCUT2D eigenvalue weighted by Gasteiger charge is -2.30. The second-order valence-corrected chi connectivity index (χ2v) is 11.6. The van der Waals surface area contributed by atoms with Crippen LogP contribution in [0.2, 0.25) is 10.0 Å². The summed E-state index contributed by atoms with van der Waals surface area (Å²) in [7, 11) is 5.61. The molecule has 1 amide bonds. The standard InChI is InChI=1S/C32H34Cl2N4O3/c1-19(2)30-28-29(35-38(30)24-9-7-8-10-26(24)40-6)32(39)37(31(28)23-13-11-21(33)17-20(23)3)25-18-22(34)12-14-27(25)41-16-15-36(4)5/h7-14,17-19,31H,15-16H2,1-6H3/t31-/m0/s1. The number of rotatable bonds is 9. The van der Waals surface area contributed by atoms with Gasteiger partial charge in [-0.3, -0.25) is 9.69 Å². The molecule has 214 valence electrons. The number of likely N-dealkylation sites (N-methyl/N-ethyl adjacent to an activating group) is 1. The van der Waals surface area contributed by atoms with Crippen molar-refractivity contribution in [2.45, 2.75) is 32.7 Å². The van der Waals surface area contributed by atoms with E-state index >= 15 is 0 Å². The Morgan fingerprint density at radius 3 is 2.37 bits per heavy atom. The first kappa shape index (κ1) is 29.0. The van der Waals surface area contributed by atoms with Gasteiger partial charge in [0.2, 0.25) is 0 Å². The molecule has 1 aliphatic heterocycles. The van der Waals surface area contributed by atoms with Gasteiger partial charge in [-0.2, -0.15) is 5.10 Å². The molecule has 0 fully saturated rings. The van der Waals surface area contributed by atoms with E-state index in [2.05, 4.69) is 13.8 Å². The lowest BCUT2D eigenvalue weighted by atomic mass is 9.92.